The lowest BCUT2D eigenvalue weighted by molar-refractivity contribution is -0.141. The predicted molar refractivity (Wildman–Crippen MR) is 99.0 cm³/mol. The van der Waals surface area contributed by atoms with Crippen LogP contribution in [-0.4, -0.2) is 37.7 Å². The Bertz CT molecular complexity index is 749. The van der Waals surface area contributed by atoms with Crippen molar-refractivity contribution < 1.29 is 23.9 Å². The molecule has 27 heavy (non-hydrogen) atoms. The normalized spacial score (nSPS) is 11.1. The van der Waals surface area contributed by atoms with Gasteiger partial charge in [0.1, 0.15) is 6.61 Å². The number of methoxy groups -OCH3 is 1. The maximum atomic E-state index is 12.1. The fourth-order valence-electron chi connectivity index (χ4n) is 2.30. The van der Waals surface area contributed by atoms with Crippen molar-refractivity contribution in [3.8, 4) is 0 Å². The van der Waals surface area contributed by atoms with E-state index in [2.05, 4.69) is 15.4 Å². The molecule has 0 bridgehead atoms. The SMILES string of the molecule is COC(=O)C[C@H](CNC(=O)c1ccccc1)NC(=O)OCc1ccccc1. The van der Waals surface area contributed by atoms with Crippen LogP contribution in [0.15, 0.2) is 60.7 Å². The lowest BCUT2D eigenvalue weighted by Crippen LogP contribution is -2.45. The van der Waals surface area contributed by atoms with E-state index in [-0.39, 0.29) is 25.5 Å². The number of carbonyl (C=O) groups excluding carboxylic acids is 3. The number of hydrogen-bond acceptors (Lipinski definition) is 5. The summed E-state index contributed by atoms with van der Waals surface area (Å²) in [5.74, 6) is -0.803. The van der Waals surface area contributed by atoms with Gasteiger partial charge in [-0.25, -0.2) is 4.79 Å². The van der Waals surface area contributed by atoms with Gasteiger partial charge in [-0.1, -0.05) is 48.5 Å². The molecule has 0 radical (unpaired) electrons. The summed E-state index contributed by atoms with van der Waals surface area (Å²) < 4.78 is 9.79. The van der Waals surface area contributed by atoms with Gasteiger partial charge in [0, 0.05) is 12.1 Å². The van der Waals surface area contributed by atoms with Crippen molar-refractivity contribution in [1.82, 2.24) is 10.6 Å². The van der Waals surface area contributed by atoms with Crippen molar-refractivity contribution in [3.63, 3.8) is 0 Å². The van der Waals surface area contributed by atoms with Gasteiger partial charge in [-0.05, 0) is 17.7 Å². The van der Waals surface area contributed by atoms with Gasteiger partial charge in [0.25, 0.3) is 5.91 Å². The van der Waals surface area contributed by atoms with E-state index in [1.54, 1.807) is 30.3 Å². The molecule has 2 rings (SSSR count). The smallest absolute Gasteiger partial charge is 0.407 e. The van der Waals surface area contributed by atoms with E-state index in [0.717, 1.165) is 5.56 Å². The van der Waals surface area contributed by atoms with Crippen LogP contribution in [0.4, 0.5) is 4.79 Å². The third-order valence-corrected chi connectivity index (χ3v) is 3.72. The van der Waals surface area contributed by atoms with E-state index in [1.165, 1.54) is 7.11 Å². The lowest BCUT2D eigenvalue weighted by atomic mass is 10.2. The molecule has 2 aromatic carbocycles. The molecule has 0 fully saturated rings. The number of amides is 2. The van der Waals surface area contributed by atoms with E-state index in [0.29, 0.717) is 5.56 Å². The summed E-state index contributed by atoms with van der Waals surface area (Å²) in [5, 5.41) is 5.27. The highest BCUT2D eigenvalue weighted by atomic mass is 16.5. The largest absolute Gasteiger partial charge is 0.469 e. The Labute approximate surface area is 157 Å². The maximum Gasteiger partial charge on any atom is 0.407 e. The number of hydrogen-bond donors (Lipinski definition) is 2. The summed E-state index contributed by atoms with van der Waals surface area (Å²) in [5.41, 5.74) is 1.33. The van der Waals surface area contributed by atoms with Crippen molar-refractivity contribution in [2.45, 2.75) is 19.1 Å². The van der Waals surface area contributed by atoms with Crippen molar-refractivity contribution in [3.05, 3.63) is 71.8 Å². The molecule has 0 aliphatic carbocycles. The second-order valence-corrected chi connectivity index (χ2v) is 5.76. The number of esters is 1. The molecule has 0 aliphatic rings. The molecule has 2 aromatic rings. The Balaban J connectivity index is 1.87. The van der Waals surface area contributed by atoms with Crippen molar-refractivity contribution in [1.29, 1.82) is 0 Å². The summed E-state index contributed by atoms with van der Waals surface area (Å²) in [7, 11) is 1.26. The first-order valence-electron chi connectivity index (χ1n) is 8.45. The Morgan fingerprint density at radius 1 is 0.963 bits per heavy atom. The second-order valence-electron chi connectivity index (χ2n) is 5.76. The van der Waals surface area contributed by atoms with Gasteiger partial charge in [-0.15, -0.1) is 0 Å². The quantitative estimate of drug-likeness (QED) is 0.695. The first-order valence-corrected chi connectivity index (χ1v) is 8.45. The fourth-order valence-corrected chi connectivity index (χ4v) is 2.30. The zero-order valence-electron chi connectivity index (χ0n) is 15.0. The fraction of sp³-hybridized carbons (Fsp3) is 0.250. The van der Waals surface area contributed by atoms with Gasteiger partial charge >= 0.3 is 12.1 Å². The van der Waals surface area contributed by atoms with Crippen LogP contribution in [0.1, 0.15) is 22.3 Å². The standard InChI is InChI=1S/C20H22N2O5/c1-26-18(23)12-17(13-21-19(24)16-10-6-3-7-11-16)22-20(25)27-14-15-8-4-2-5-9-15/h2-11,17H,12-14H2,1H3,(H,21,24)(H,22,25)/t17-/m1/s1. The minimum absolute atomic E-state index is 0.0588. The number of carbonyl (C=O) groups is 3. The van der Waals surface area contributed by atoms with Crippen LogP contribution < -0.4 is 10.6 Å². The second kappa shape index (κ2) is 10.6. The minimum atomic E-state index is -0.679. The van der Waals surface area contributed by atoms with Gasteiger partial charge in [0.15, 0.2) is 0 Å². The third-order valence-electron chi connectivity index (χ3n) is 3.72. The Hall–Kier alpha value is -3.35. The average Bonchev–Trinajstić information content (AvgIpc) is 2.71. The lowest BCUT2D eigenvalue weighted by Gasteiger charge is -2.18. The highest BCUT2D eigenvalue weighted by molar-refractivity contribution is 5.94. The van der Waals surface area contributed by atoms with Gasteiger partial charge in [0.05, 0.1) is 19.6 Å². The zero-order valence-corrected chi connectivity index (χ0v) is 15.0. The van der Waals surface area contributed by atoms with E-state index in [4.69, 9.17) is 4.74 Å². The van der Waals surface area contributed by atoms with Crippen LogP contribution in [0.3, 0.4) is 0 Å². The molecule has 7 nitrogen and oxygen atoms in total. The van der Waals surface area contributed by atoms with Crippen LogP contribution in [0.25, 0.3) is 0 Å². The first-order chi connectivity index (χ1) is 13.1. The average molecular weight is 370 g/mol. The predicted octanol–water partition coefficient (Wildman–Crippen LogP) is 2.27. The number of rotatable bonds is 8. The highest BCUT2D eigenvalue weighted by Crippen LogP contribution is 2.02. The topological polar surface area (TPSA) is 93.7 Å². The van der Waals surface area contributed by atoms with Gasteiger partial charge < -0.3 is 20.1 Å². The summed E-state index contributed by atoms with van der Waals surface area (Å²) >= 11 is 0. The third kappa shape index (κ3) is 7.19. The molecule has 0 heterocycles. The molecule has 0 unspecified atom stereocenters. The summed E-state index contributed by atoms with van der Waals surface area (Å²) in [4.78, 5) is 35.7. The molecule has 0 spiro atoms. The van der Waals surface area contributed by atoms with Crippen LogP contribution >= 0.6 is 0 Å². The molecule has 0 aliphatic heterocycles. The monoisotopic (exact) mass is 370 g/mol. The van der Waals surface area contributed by atoms with E-state index < -0.39 is 18.1 Å². The van der Waals surface area contributed by atoms with Crippen LogP contribution in [-0.2, 0) is 20.9 Å². The molecule has 2 amide bonds. The van der Waals surface area contributed by atoms with Crippen LogP contribution in [0.5, 0.6) is 0 Å². The highest BCUT2D eigenvalue weighted by Gasteiger charge is 2.19. The number of ether oxygens (including phenoxy) is 2. The summed E-state index contributed by atoms with van der Waals surface area (Å²) in [6.07, 6.45) is -0.770. The van der Waals surface area contributed by atoms with Crippen molar-refractivity contribution in [2.24, 2.45) is 0 Å². The van der Waals surface area contributed by atoms with Crippen LogP contribution in [0.2, 0.25) is 0 Å². The number of benzene rings is 2. The van der Waals surface area contributed by atoms with Gasteiger partial charge in [-0.3, -0.25) is 9.59 Å². The minimum Gasteiger partial charge on any atom is -0.469 e. The molecule has 2 N–H and O–H groups in total. The van der Waals surface area contributed by atoms with Crippen molar-refractivity contribution in [2.75, 3.05) is 13.7 Å². The van der Waals surface area contributed by atoms with Gasteiger partial charge in [-0.2, -0.15) is 0 Å². The Morgan fingerprint density at radius 2 is 1.59 bits per heavy atom. The Kier molecular flexibility index (Phi) is 7.84. The first kappa shape index (κ1) is 20.0. The summed E-state index contributed by atoms with van der Waals surface area (Å²) in [6, 6.07) is 17.2. The van der Waals surface area contributed by atoms with Crippen molar-refractivity contribution >= 4 is 18.0 Å². The molecule has 142 valence electrons. The molecular formula is C20H22N2O5. The van der Waals surface area contributed by atoms with E-state index in [9.17, 15) is 14.4 Å². The van der Waals surface area contributed by atoms with E-state index in [1.807, 2.05) is 30.3 Å². The van der Waals surface area contributed by atoms with Crippen LogP contribution in [0, 0.1) is 0 Å². The molecule has 0 saturated heterocycles. The Morgan fingerprint density at radius 3 is 2.22 bits per heavy atom. The molecule has 0 saturated carbocycles. The van der Waals surface area contributed by atoms with Gasteiger partial charge in [0.2, 0.25) is 0 Å². The summed E-state index contributed by atoms with van der Waals surface area (Å²) in [6.45, 7) is 0.164. The molecular weight excluding hydrogens is 348 g/mol. The number of nitrogens with one attached hydrogen (secondary N) is 2. The maximum absolute atomic E-state index is 12.1. The molecule has 7 heteroatoms. The zero-order chi connectivity index (χ0) is 19.5. The number of alkyl carbamates (subject to hydrolysis) is 1. The molecule has 1 atom stereocenters. The van der Waals surface area contributed by atoms with E-state index >= 15 is 0 Å². The molecule has 0 aromatic heterocycles.